The fraction of sp³-hybridized carbons (Fsp3) is 0.600. The number of hydrogen-bond acceptors (Lipinski definition) is 4. The molecule has 0 fully saturated rings. The van der Waals surface area contributed by atoms with Gasteiger partial charge >= 0.3 is 0 Å². The van der Waals surface area contributed by atoms with Crippen LogP contribution in [0.1, 0.15) is 55.5 Å². The summed E-state index contributed by atoms with van der Waals surface area (Å²) in [5.74, 6) is 0.727. The molecule has 3 rings (SSSR count). The van der Waals surface area contributed by atoms with Crippen LogP contribution in [-0.2, 0) is 17.6 Å². The molecule has 5 heteroatoms. The molecule has 0 aliphatic heterocycles. The van der Waals surface area contributed by atoms with Gasteiger partial charge in [-0.1, -0.05) is 18.5 Å². The van der Waals surface area contributed by atoms with Crippen LogP contribution in [0.4, 0.5) is 0 Å². The lowest BCUT2D eigenvalue weighted by Crippen LogP contribution is -2.08. The molecule has 1 unspecified atom stereocenters. The highest BCUT2D eigenvalue weighted by Crippen LogP contribution is 2.39. The standard InChI is InChI=1S/C15H19ClN2OS/c1-3-10(19-4-2)14-17-13(16)12-9-7-5-6-8-11(9)20-15(12)18-14/h10H,3-8H2,1-2H3. The molecule has 0 bridgehead atoms. The van der Waals surface area contributed by atoms with Crippen molar-refractivity contribution in [2.45, 2.75) is 52.1 Å². The average molecular weight is 311 g/mol. The minimum Gasteiger partial charge on any atom is -0.371 e. The first kappa shape index (κ1) is 14.2. The molecule has 0 spiro atoms. The topological polar surface area (TPSA) is 35.0 Å². The number of aryl methyl sites for hydroxylation is 2. The number of aromatic nitrogens is 2. The van der Waals surface area contributed by atoms with Crippen molar-refractivity contribution < 1.29 is 4.74 Å². The molecule has 2 aromatic rings. The molecule has 1 aliphatic rings. The third-order valence-corrected chi connectivity index (χ3v) is 5.27. The van der Waals surface area contributed by atoms with Crippen LogP contribution in [-0.4, -0.2) is 16.6 Å². The average Bonchev–Trinajstić information content (AvgIpc) is 2.83. The van der Waals surface area contributed by atoms with E-state index in [0.29, 0.717) is 11.8 Å². The summed E-state index contributed by atoms with van der Waals surface area (Å²) in [7, 11) is 0. The summed E-state index contributed by atoms with van der Waals surface area (Å²) in [6.07, 6.45) is 5.59. The van der Waals surface area contributed by atoms with Gasteiger partial charge in [0.15, 0.2) is 5.82 Å². The molecule has 0 radical (unpaired) electrons. The molecule has 20 heavy (non-hydrogen) atoms. The van der Waals surface area contributed by atoms with Gasteiger partial charge in [0.25, 0.3) is 0 Å². The molecule has 1 aliphatic carbocycles. The van der Waals surface area contributed by atoms with E-state index in [2.05, 4.69) is 11.9 Å². The van der Waals surface area contributed by atoms with E-state index in [0.717, 1.165) is 35.3 Å². The lowest BCUT2D eigenvalue weighted by atomic mass is 9.97. The minimum atomic E-state index is -0.0546. The SMILES string of the molecule is CCOC(CC)c1nc(Cl)c2c3c(sc2n1)CCCC3. The van der Waals surface area contributed by atoms with Crippen molar-refractivity contribution >= 4 is 33.2 Å². The predicted octanol–water partition coefficient (Wildman–Crippen LogP) is 4.71. The first-order chi connectivity index (χ1) is 9.74. The van der Waals surface area contributed by atoms with Crippen LogP contribution in [0.25, 0.3) is 10.2 Å². The molecule has 3 nitrogen and oxygen atoms in total. The molecule has 2 heterocycles. The Bertz CT molecular complexity index is 626. The quantitative estimate of drug-likeness (QED) is 0.767. The van der Waals surface area contributed by atoms with Gasteiger partial charge in [0.05, 0.1) is 5.39 Å². The van der Waals surface area contributed by atoms with Gasteiger partial charge in [-0.2, -0.15) is 0 Å². The Kier molecular flexibility index (Phi) is 4.24. The smallest absolute Gasteiger partial charge is 0.160 e. The molecular formula is C15H19ClN2OS. The minimum absolute atomic E-state index is 0.0546. The van der Waals surface area contributed by atoms with Crippen molar-refractivity contribution in [1.29, 1.82) is 0 Å². The van der Waals surface area contributed by atoms with Crippen LogP contribution >= 0.6 is 22.9 Å². The van der Waals surface area contributed by atoms with Crippen molar-refractivity contribution in [2.24, 2.45) is 0 Å². The van der Waals surface area contributed by atoms with Crippen LogP contribution in [0.3, 0.4) is 0 Å². The number of thiophene rings is 1. The normalized spacial score (nSPS) is 16.4. The van der Waals surface area contributed by atoms with Crippen LogP contribution < -0.4 is 0 Å². The molecule has 0 amide bonds. The predicted molar refractivity (Wildman–Crippen MR) is 83.7 cm³/mol. The van der Waals surface area contributed by atoms with E-state index >= 15 is 0 Å². The Morgan fingerprint density at radius 2 is 2.05 bits per heavy atom. The van der Waals surface area contributed by atoms with E-state index in [1.807, 2.05) is 6.92 Å². The lowest BCUT2D eigenvalue weighted by molar-refractivity contribution is 0.0538. The Morgan fingerprint density at radius 1 is 1.25 bits per heavy atom. The molecule has 0 saturated carbocycles. The highest BCUT2D eigenvalue weighted by Gasteiger charge is 2.22. The summed E-state index contributed by atoms with van der Waals surface area (Å²) in [5.41, 5.74) is 1.39. The maximum atomic E-state index is 6.44. The highest BCUT2D eigenvalue weighted by molar-refractivity contribution is 7.19. The van der Waals surface area contributed by atoms with Crippen LogP contribution in [0.5, 0.6) is 0 Å². The van der Waals surface area contributed by atoms with Gasteiger partial charge in [0.1, 0.15) is 16.1 Å². The monoisotopic (exact) mass is 310 g/mol. The zero-order valence-electron chi connectivity index (χ0n) is 11.9. The Balaban J connectivity index is 2.10. The van der Waals surface area contributed by atoms with E-state index in [-0.39, 0.29) is 6.10 Å². The number of hydrogen-bond donors (Lipinski definition) is 0. The van der Waals surface area contributed by atoms with Gasteiger partial charge in [-0.05, 0) is 44.6 Å². The third kappa shape index (κ3) is 2.45. The summed E-state index contributed by atoms with van der Waals surface area (Å²) < 4.78 is 5.70. The first-order valence-corrected chi connectivity index (χ1v) is 8.53. The Labute approximate surface area is 128 Å². The molecule has 0 aromatic carbocycles. The van der Waals surface area contributed by atoms with Crippen molar-refractivity contribution in [3.8, 4) is 0 Å². The van der Waals surface area contributed by atoms with Gasteiger partial charge in [-0.25, -0.2) is 9.97 Å². The molecule has 2 aromatic heterocycles. The first-order valence-electron chi connectivity index (χ1n) is 7.33. The van der Waals surface area contributed by atoms with Gasteiger partial charge in [0, 0.05) is 11.5 Å². The van der Waals surface area contributed by atoms with Crippen LogP contribution in [0.2, 0.25) is 5.15 Å². The Hall–Kier alpha value is -0.710. The largest absolute Gasteiger partial charge is 0.371 e. The molecule has 0 N–H and O–H groups in total. The van der Waals surface area contributed by atoms with Crippen molar-refractivity contribution in [1.82, 2.24) is 9.97 Å². The lowest BCUT2D eigenvalue weighted by Gasteiger charge is -2.14. The number of fused-ring (bicyclic) bond motifs is 3. The number of rotatable bonds is 4. The van der Waals surface area contributed by atoms with Crippen LogP contribution in [0.15, 0.2) is 0 Å². The second-order valence-electron chi connectivity index (χ2n) is 5.12. The zero-order valence-corrected chi connectivity index (χ0v) is 13.5. The second-order valence-corrected chi connectivity index (χ2v) is 6.56. The molecular weight excluding hydrogens is 292 g/mol. The highest BCUT2D eigenvalue weighted by atomic mass is 35.5. The summed E-state index contributed by atoms with van der Waals surface area (Å²) >= 11 is 8.22. The van der Waals surface area contributed by atoms with Gasteiger partial charge in [-0.3, -0.25) is 0 Å². The molecule has 1 atom stereocenters. The molecule has 0 saturated heterocycles. The van der Waals surface area contributed by atoms with Gasteiger partial charge in [0.2, 0.25) is 0 Å². The number of ether oxygens (including phenoxy) is 1. The van der Waals surface area contributed by atoms with Crippen molar-refractivity contribution in [2.75, 3.05) is 6.61 Å². The third-order valence-electron chi connectivity index (χ3n) is 3.81. The van der Waals surface area contributed by atoms with E-state index in [4.69, 9.17) is 21.3 Å². The summed E-state index contributed by atoms with van der Waals surface area (Å²) in [6.45, 7) is 4.74. The van der Waals surface area contributed by atoms with Gasteiger partial charge in [-0.15, -0.1) is 11.3 Å². The molecule has 108 valence electrons. The summed E-state index contributed by atoms with van der Waals surface area (Å²) in [6, 6.07) is 0. The van der Waals surface area contributed by atoms with E-state index in [1.165, 1.54) is 23.3 Å². The second kappa shape index (κ2) is 5.96. The van der Waals surface area contributed by atoms with Crippen LogP contribution in [0, 0.1) is 0 Å². The maximum Gasteiger partial charge on any atom is 0.160 e. The fourth-order valence-corrected chi connectivity index (χ4v) is 4.46. The summed E-state index contributed by atoms with van der Waals surface area (Å²) in [5, 5.41) is 1.68. The van der Waals surface area contributed by atoms with Crippen molar-refractivity contribution in [3.05, 3.63) is 21.4 Å². The summed E-state index contributed by atoms with van der Waals surface area (Å²) in [4.78, 5) is 11.7. The van der Waals surface area contributed by atoms with E-state index in [9.17, 15) is 0 Å². The zero-order chi connectivity index (χ0) is 14.1. The maximum absolute atomic E-state index is 6.44. The van der Waals surface area contributed by atoms with Crippen molar-refractivity contribution in [3.63, 3.8) is 0 Å². The Morgan fingerprint density at radius 3 is 2.80 bits per heavy atom. The van der Waals surface area contributed by atoms with E-state index < -0.39 is 0 Å². The van der Waals surface area contributed by atoms with Gasteiger partial charge < -0.3 is 4.74 Å². The number of halogens is 1. The fourth-order valence-electron chi connectivity index (χ4n) is 2.85. The van der Waals surface area contributed by atoms with E-state index in [1.54, 1.807) is 11.3 Å². The number of nitrogens with zero attached hydrogens (tertiary/aromatic N) is 2.